The summed E-state index contributed by atoms with van der Waals surface area (Å²) in [5.74, 6) is 0.606. The van der Waals surface area contributed by atoms with Crippen molar-refractivity contribution in [1.82, 2.24) is 15.1 Å². The molecule has 1 N–H and O–H groups in total. The molecule has 1 fully saturated rings. The van der Waals surface area contributed by atoms with Gasteiger partial charge in [0.1, 0.15) is 12.4 Å². The molecular formula is C27H31N3O2. The first kappa shape index (κ1) is 22.1. The third-order valence-electron chi connectivity index (χ3n) is 5.89. The third kappa shape index (κ3) is 6.19. The predicted molar refractivity (Wildman–Crippen MR) is 128 cm³/mol. The quantitative estimate of drug-likeness (QED) is 0.588. The highest BCUT2D eigenvalue weighted by Gasteiger charge is 2.22. The fourth-order valence-electron chi connectivity index (χ4n) is 3.92. The lowest BCUT2D eigenvalue weighted by molar-refractivity contribution is 0.0906. The molecule has 0 saturated carbocycles. The van der Waals surface area contributed by atoms with Gasteiger partial charge in [-0.3, -0.25) is 9.69 Å². The Morgan fingerprint density at radius 2 is 1.59 bits per heavy atom. The molecule has 3 aromatic rings. The van der Waals surface area contributed by atoms with Crippen LogP contribution in [0, 0.1) is 0 Å². The van der Waals surface area contributed by atoms with Crippen LogP contribution in [0.15, 0.2) is 84.9 Å². The van der Waals surface area contributed by atoms with Crippen molar-refractivity contribution < 1.29 is 9.53 Å². The van der Waals surface area contributed by atoms with E-state index >= 15 is 0 Å². The second-order valence-electron chi connectivity index (χ2n) is 8.34. The maximum Gasteiger partial charge on any atom is 0.251 e. The molecule has 4 rings (SSSR count). The first-order chi connectivity index (χ1) is 15.7. The van der Waals surface area contributed by atoms with Gasteiger partial charge in [-0.25, -0.2) is 0 Å². The second kappa shape index (κ2) is 10.9. The monoisotopic (exact) mass is 429 g/mol. The third-order valence-corrected chi connectivity index (χ3v) is 5.89. The number of hydrogen-bond donors (Lipinski definition) is 1. The number of carbonyl (C=O) groups is 1. The highest BCUT2D eigenvalue weighted by molar-refractivity contribution is 5.94. The number of amides is 1. The Kier molecular flexibility index (Phi) is 7.54. The van der Waals surface area contributed by atoms with Crippen molar-refractivity contribution in [2.45, 2.75) is 12.6 Å². The first-order valence-corrected chi connectivity index (χ1v) is 11.2. The zero-order chi connectivity index (χ0) is 22.2. The van der Waals surface area contributed by atoms with Crippen LogP contribution in [-0.4, -0.2) is 55.5 Å². The fraction of sp³-hybridized carbons (Fsp3) is 0.296. The number of rotatable bonds is 8. The van der Waals surface area contributed by atoms with Gasteiger partial charge in [-0.05, 0) is 36.4 Å². The number of nitrogens with one attached hydrogen (secondary N) is 1. The molecule has 5 nitrogen and oxygen atoms in total. The minimum absolute atomic E-state index is 0.0685. The van der Waals surface area contributed by atoms with Gasteiger partial charge in [0.25, 0.3) is 5.91 Å². The average Bonchev–Trinajstić information content (AvgIpc) is 2.85. The van der Waals surface area contributed by atoms with Crippen LogP contribution in [0.3, 0.4) is 0 Å². The Morgan fingerprint density at radius 3 is 2.31 bits per heavy atom. The van der Waals surface area contributed by atoms with Gasteiger partial charge in [-0.2, -0.15) is 0 Å². The largest absolute Gasteiger partial charge is 0.489 e. The van der Waals surface area contributed by atoms with E-state index in [4.69, 9.17) is 4.74 Å². The van der Waals surface area contributed by atoms with E-state index in [0.717, 1.165) is 43.9 Å². The Labute approximate surface area is 190 Å². The summed E-state index contributed by atoms with van der Waals surface area (Å²) in [6.07, 6.45) is 0. The van der Waals surface area contributed by atoms with Crippen molar-refractivity contribution in [2.24, 2.45) is 0 Å². The summed E-state index contributed by atoms with van der Waals surface area (Å²) in [5.41, 5.74) is 2.82. The van der Waals surface area contributed by atoms with Crippen LogP contribution in [0.1, 0.15) is 27.5 Å². The topological polar surface area (TPSA) is 44.8 Å². The van der Waals surface area contributed by atoms with Crippen molar-refractivity contribution in [3.63, 3.8) is 0 Å². The van der Waals surface area contributed by atoms with Crippen molar-refractivity contribution in [2.75, 3.05) is 39.8 Å². The van der Waals surface area contributed by atoms with Gasteiger partial charge >= 0.3 is 0 Å². The standard InChI is InChI=1S/C27H31N3O2/c1-29-15-17-30(18-16-29)20-26(23-11-6-3-7-12-23)28-27(31)24-13-8-14-25(19-24)32-21-22-9-4-2-5-10-22/h2-14,19,26H,15-18,20-21H2,1H3,(H,28,31). The molecule has 1 heterocycles. The number of ether oxygens (including phenoxy) is 1. The SMILES string of the molecule is CN1CCN(CC(NC(=O)c2cccc(OCc3ccccc3)c2)c2ccccc2)CC1. The Morgan fingerprint density at radius 1 is 0.906 bits per heavy atom. The lowest BCUT2D eigenvalue weighted by atomic mass is 10.0. The lowest BCUT2D eigenvalue weighted by Crippen LogP contribution is -2.47. The smallest absolute Gasteiger partial charge is 0.251 e. The van der Waals surface area contributed by atoms with Gasteiger partial charge in [-0.1, -0.05) is 66.7 Å². The van der Waals surface area contributed by atoms with Crippen LogP contribution in [0.25, 0.3) is 0 Å². The molecule has 1 saturated heterocycles. The molecule has 1 amide bonds. The lowest BCUT2D eigenvalue weighted by Gasteiger charge is -2.35. The minimum atomic E-state index is -0.0851. The Hall–Kier alpha value is -3.15. The highest BCUT2D eigenvalue weighted by atomic mass is 16.5. The van der Waals surface area contributed by atoms with E-state index in [9.17, 15) is 4.79 Å². The van der Waals surface area contributed by atoms with Crippen molar-refractivity contribution >= 4 is 5.91 Å². The van der Waals surface area contributed by atoms with E-state index < -0.39 is 0 Å². The normalized spacial score (nSPS) is 15.8. The van der Waals surface area contributed by atoms with Crippen molar-refractivity contribution in [1.29, 1.82) is 0 Å². The molecule has 0 radical (unpaired) electrons. The second-order valence-corrected chi connectivity index (χ2v) is 8.34. The summed E-state index contributed by atoms with van der Waals surface area (Å²) in [6.45, 7) is 5.40. The minimum Gasteiger partial charge on any atom is -0.489 e. The number of piperazine rings is 1. The van der Waals surface area contributed by atoms with E-state index in [1.807, 2.05) is 72.8 Å². The zero-order valence-electron chi connectivity index (χ0n) is 18.6. The van der Waals surface area contributed by atoms with E-state index in [1.165, 1.54) is 0 Å². The van der Waals surface area contributed by atoms with Crippen LogP contribution in [-0.2, 0) is 6.61 Å². The maximum atomic E-state index is 13.2. The van der Waals surface area contributed by atoms with E-state index in [-0.39, 0.29) is 11.9 Å². The molecule has 0 aliphatic carbocycles. The van der Waals surface area contributed by atoms with Gasteiger partial charge in [0.05, 0.1) is 6.04 Å². The van der Waals surface area contributed by atoms with Crippen molar-refractivity contribution in [3.8, 4) is 5.75 Å². The van der Waals surface area contributed by atoms with Gasteiger partial charge in [0, 0.05) is 38.3 Å². The van der Waals surface area contributed by atoms with E-state index in [2.05, 4.69) is 34.3 Å². The number of hydrogen-bond acceptors (Lipinski definition) is 4. The summed E-state index contributed by atoms with van der Waals surface area (Å²) in [6, 6.07) is 27.6. The summed E-state index contributed by atoms with van der Waals surface area (Å²) < 4.78 is 5.91. The van der Waals surface area contributed by atoms with Gasteiger partial charge in [0.2, 0.25) is 0 Å². The molecule has 5 heteroatoms. The number of likely N-dealkylation sites (N-methyl/N-ethyl adjacent to an activating group) is 1. The van der Waals surface area contributed by atoms with Crippen LogP contribution in [0.2, 0.25) is 0 Å². The number of carbonyl (C=O) groups excluding carboxylic acids is 1. The Balaban J connectivity index is 1.43. The molecule has 0 spiro atoms. The molecule has 1 atom stereocenters. The van der Waals surface area contributed by atoms with Gasteiger partial charge in [-0.15, -0.1) is 0 Å². The average molecular weight is 430 g/mol. The molecule has 1 aliphatic heterocycles. The summed E-state index contributed by atoms with van der Waals surface area (Å²) in [4.78, 5) is 17.9. The summed E-state index contributed by atoms with van der Waals surface area (Å²) in [7, 11) is 2.15. The molecule has 32 heavy (non-hydrogen) atoms. The van der Waals surface area contributed by atoms with Crippen molar-refractivity contribution in [3.05, 3.63) is 102 Å². The summed E-state index contributed by atoms with van der Waals surface area (Å²) in [5, 5.41) is 3.26. The van der Waals surface area contributed by atoms with Gasteiger partial charge < -0.3 is 15.0 Å². The molecule has 0 bridgehead atoms. The molecule has 0 aromatic heterocycles. The first-order valence-electron chi connectivity index (χ1n) is 11.2. The summed E-state index contributed by atoms with van der Waals surface area (Å²) >= 11 is 0. The van der Waals surface area contributed by atoms with E-state index in [1.54, 1.807) is 0 Å². The maximum absolute atomic E-state index is 13.2. The predicted octanol–water partition coefficient (Wildman–Crippen LogP) is 3.98. The van der Waals surface area contributed by atoms with Crippen LogP contribution < -0.4 is 10.1 Å². The molecule has 1 aliphatic rings. The molecule has 3 aromatic carbocycles. The Bertz CT molecular complexity index is 986. The highest BCUT2D eigenvalue weighted by Crippen LogP contribution is 2.19. The van der Waals surface area contributed by atoms with Gasteiger partial charge in [0.15, 0.2) is 0 Å². The van der Waals surface area contributed by atoms with Crippen LogP contribution >= 0.6 is 0 Å². The molecule has 1 unspecified atom stereocenters. The number of nitrogens with zero attached hydrogens (tertiary/aromatic N) is 2. The fourth-order valence-corrected chi connectivity index (χ4v) is 3.92. The molecular weight excluding hydrogens is 398 g/mol. The molecule has 166 valence electrons. The van der Waals surface area contributed by atoms with E-state index in [0.29, 0.717) is 17.9 Å². The number of benzene rings is 3. The zero-order valence-corrected chi connectivity index (χ0v) is 18.6. The van der Waals surface area contributed by atoms with Crippen LogP contribution in [0.5, 0.6) is 5.75 Å². The van der Waals surface area contributed by atoms with Crippen LogP contribution in [0.4, 0.5) is 0 Å².